The number of rotatable bonds is 3. The molecule has 0 radical (unpaired) electrons. The van der Waals surface area contributed by atoms with E-state index in [2.05, 4.69) is 38.0 Å². The molecule has 0 saturated heterocycles. The molecule has 1 aromatic rings. The second-order valence-electron chi connectivity index (χ2n) is 4.30. The Kier molecular flexibility index (Phi) is 3.07. The molecule has 1 rings (SSSR count). The van der Waals surface area contributed by atoms with Gasteiger partial charge in [-0.3, -0.25) is 4.68 Å². The van der Waals surface area contributed by atoms with E-state index in [0.717, 1.165) is 12.1 Å². The smallest absolute Gasteiger partial charge is 0.0864 e. The molecule has 0 saturated carbocycles. The zero-order chi connectivity index (χ0) is 10.0. The van der Waals surface area contributed by atoms with Crippen molar-refractivity contribution < 1.29 is 0 Å². The van der Waals surface area contributed by atoms with E-state index in [1.165, 1.54) is 5.69 Å². The van der Waals surface area contributed by atoms with E-state index in [1.807, 2.05) is 11.7 Å². The maximum atomic E-state index is 4.19. The summed E-state index contributed by atoms with van der Waals surface area (Å²) >= 11 is 0. The van der Waals surface area contributed by atoms with Crippen LogP contribution in [0.3, 0.4) is 0 Å². The van der Waals surface area contributed by atoms with Gasteiger partial charge in [0.1, 0.15) is 0 Å². The third-order valence-electron chi connectivity index (χ3n) is 2.09. The molecule has 3 nitrogen and oxygen atoms in total. The van der Waals surface area contributed by atoms with Gasteiger partial charge in [0, 0.05) is 7.05 Å². The van der Waals surface area contributed by atoms with E-state index in [9.17, 15) is 0 Å². The first kappa shape index (κ1) is 10.2. The lowest BCUT2D eigenvalue weighted by atomic mass is 10.0. The third kappa shape index (κ3) is 2.29. The summed E-state index contributed by atoms with van der Waals surface area (Å²) in [7, 11) is 1.96. The Bertz CT molecular complexity index is 274. The van der Waals surface area contributed by atoms with Crippen LogP contribution in [0.5, 0.6) is 0 Å². The van der Waals surface area contributed by atoms with E-state index in [1.54, 1.807) is 0 Å². The molecule has 13 heavy (non-hydrogen) atoms. The van der Waals surface area contributed by atoms with E-state index < -0.39 is 0 Å². The van der Waals surface area contributed by atoms with Crippen molar-refractivity contribution in [3.63, 3.8) is 0 Å². The van der Waals surface area contributed by atoms with E-state index >= 15 is 0 Å². The first-order valence-electron chi connectivity index (χ1n) is 4.90. The Hall–Kier alpha value is -0.860. The quantitative estimate of drug-likeness (QED) is 0.715. The molecule has 0 amide bonds. The van der Waals surface area contributed by atoms with Crippen LogP contribution in [0.15, 0.2) is 0 Å². The third-order valence-corrected chi connectivity index (χ3v) is 2.09. The Labute approximate surface area is 80.1 Å². The Balaban J connectivity index is 2.94. The van der Waals surface area contributed by atoms with E-state index in [4.69, 9.17) is 0 Å². The molecule has 0 N–H and O–H groups in total. The molecule has 3 heteroatoms. The van der Waals surface area contributed by atoms with Crippen molar-refractivity contribution in [1.29, 1.82) is 0 Å². The van der Waals surface area contributed by atoms with Gasteiger partial charge in [0.2, 0.25) is 0 Å². The van der Waals surface area contributed by atoms with Gasteiger partial charge in [0.25, 0.3) is 0 Å². The van der Waals surface area contributed by atoms with Crippen molar-refractivity contribution in [1.82, 2.24) is 15.0 Å². The van der Waals surface area contributed by atoms with Gasteiger partial charge < -0.3 is 0 Å². The fourth-order valence-corrected chi connectivity index (χ4v) is 1.65. The number of hydrogen-bond donors (Lipinski definition) is 0. The Morgan fingerprint density at radius 2 is 1.85 bits per heavy atom. The zero-order valence-corrected chi connectivity index (χ0v) is 9.20. The van der Waals surface area contributed by atoms with E-state index in [-0.39, 0.29) is 0 Å². The molecule has 74 valence electrons. The van der Waals surface area contributed by atoms with Crippen LogP contribution in [0.1, 0.15) is 45.0 Å². The fraction of sp³-hybridized carbons (Fsp3) is 0.800. The molecular weight excluding hydrogens is 162 g/mol. The van der Waals surface area contributed by atoms with Gasteiger partial charge in [-0.1, -0.05) is 32.9 Å². The highest BCUT2D eigenvalue weighted by molar-refractivity contribution is 5.14. The predicted molar refractivity (Wildman–Crippen MR) is 53.6 cm³/mol. The largest absolute Gasteiger partial charge is 0.252 e. The van der Waals surface area contributed by atoms with Gasteiger partial charge in [-0.15, -0.1) is 5.10 Å². The molecule has 1 heterocycles. The normalized spacial score (nSPS) is 11.6. The molecular formula is C10H19N3. The van der Waals surface area contributed by atoms with Crippen LogP contribution in [-0.4, -0.2) is 15.0 Å². The van der Waals surface area contributed by atoms with Crippen LogP contribution in [-0.2, 0) is 13.5 Å². The van der Waals surface area contributed by atoms with Crippen molar-refractivity contribution in [3.8, 4) is 0 Å². The molecule has 0 aromatic carbocycles. The van der Waals surface area contributed by atoms with Gasteiger partial charge in [0.15, 0.2) is 0 Å². The summed E-state index contributed by atoms with van der Waals surface area (Å²) in [5.41, 5.74) is 2.43. The number of aryl methyl sites for hydroxylation is 1. The summed E-state index contributed by atoms with van der Waals surface area (Å²) in [6.07, 6.45) is 1.03. The number of nitrogens with zero attached hydrogens (tertiary/aromatic N) is 3. The van der Waals surface area contributed by atoms with Crippen molar-refractivity contribution in [3.05, 3.63) is 11.4 Å². The highest BCUT2D eigenvalue weighted by atomic mass is 15.4. The van der Waals surface area contributed by atoms with Gasteiger partial charge >= 0.3 is 0 Å². The molecule has 0 bridgehead atoms. The lowest BCUT2D eigenvalue weighted by Crippen LogP contribution is -2.04. The molecule has 0 aliphatic carbocycles. The van der Waals surface area contributed by atoms with Gasteiger partial charge in [-0.25, -0.2) is 0 Å². The van der Waals surface area contributed by atoms with Crippen LogP contribution >= 0.6 is 0 Å². The zero-order valence-electron chi connectivity index (χ0n) is 9.20. The molecule has 1 aromatic heterocycles. The van der Waals surface area contributed by atoms with Crippen molar-refractivity contribution in [2.75, 3.05) is 0 Å². The minimum Gasteiger partial charge on any atom is -0.252 e. The monoisotopic (exact) mass is 181 g/mol. The van der Waals surface area contributed by atoms with Crippen LogP contribution in [0.4, 0.5) is 0 Å². The lowest BCUT2D eigenvalue weighted by molar-refractivity contribution is 0.621. The summed E-state index contributed by atoms with van der Waals surface area (Å²) in [5.74, 6) is 1.16. The molecule has 0 atom stereocenters. The minimum absolute atomic E-state index is 0.508. The molecule has 0 spiro atoms. The van der Waals surface area contributed by atoms with E-state index in [0.29, 0.717) is 11.8 Å². The first-order chi connectivity index (χ1) is 6.02. The standard InChI is InChI=1S/C10H19N3/c1-7(2)6-9-10(8(3)4)13(5)12-11-9/h7-8H,6H2,1-5H3. The first-order valence-corrected chi connectivity index (χ1v) is 4.90. The fourth-order valence-electron chi connectivity index (χ4n) is 1.65. The minimum atomic E-state index is 0.508. The average Bonchev–Trinajstić information content (AvgIpc) is 2.30. The summed E-state index contributed by atoms with van der Waals surface area (Å²) < 4.78 is 1.89. The molecule has 0 unspecified atom stereocenters. The summed E-state index contributed by atoms with van der Waals surface area (Å²) in [6.45, 7) is 8.78. The van der Waals surface area contributed by atoms with Gasteiger partial charge in [-0.05, 0) is 18.3 Å². The Morgan fingerprint density at radius 1 is 1.23 bits per heavy atom. The predicted octanol–water partition coefficient (Wildman–Crippen LogP) is 2.14. The van der Waals surface area contributed by atoms with Crippen molar-refractivity contribution in [2.45, 2.75) is 40.0 Å². The maximum Gasteiger partial charge on any atom is 0.0864 e. The Morgan fingerprint density at radius 3 is 2.31 bits per heavy atom. The number of aromatic nitrogens is 3. The van der Waals surface area contributed by atoms with Crippen LogP contribution < -0.4 is 0 Å². The average molecular weight is 181 g/mol. The van der Waals surface area contributed by atoms with Crippen molar-refractivity contribution >= 4 is 0 Å². The molecule has 0 aliphatic rings. The number of hydrogen-bond acceptors (Lipinski definition) is 2. The van der Waals surface area contributed by atoms with Gasteiger partial charge in [0.05, 0.1) is 11.4 Å². The molecule has 0 fully saturated rings. The topological polar surface area (TPSA) is 30.7 Å². The van der Waals surface area contributed by atoms with Crippen molar-refractivity contribution in [2.24, 2.45) is 13.0 Å². The second kappa shape index (κ2) is 3.90. The van der Waals surface area contributed by atoms with Gasteiger partial charge in [-0.2, -0.15) is 0 Å². The second-order valence-corrected chi connectivity index (χ2v) is 4.30. The summed E-state index contributed by atoms with van der Waals surface area (Å²) in [6, 6.07) is 0. The molecule has 0 aliphatic heterocycles. The highest BCUT2D eigenvalue weighted by Gasteiger charge is 2.14. The maximum absolute atomic E-state index is 4.19. The summed E-state index contributed by atoms with van der Waals surface area (Å²) in [5, 5.41) is 8.25. The highest BCUT2D eigenvalue weighted by Crippen LogP contribution is 2.18. The summed E-state index contributed by atoms with van der Waals surface area (Å²) in [4.78, 5) is 0. The van der Waals surface area contributed by atoms with Crippen LogP contribution in [0.25, 0.3) is 0 Å². The lowest BCUT2D eigenvalue weighted by Gasteiger charge is -2.08. The SMILES string of the molecule is CC(C)Cc1nnn(C)c1C(C)C. The van der Waals surface area contributed by atoms with Crippen LogP contribution in [0, 0.1) is 5.92 Å². The van der Waals surface area contributed by atoms with Crippen LogP contribution in [0.2, 0.25) is 0 Å².